The van der Waals surface area contributed by atoms with Crippen LogP contribution >= 0.6 is 23.2 Å². The van der Waals surface area contributed by atoms with Crippen molar-refractivity contribution in [2.75, 3.05) is 6.61 Å². The summed E-state index contributed by atoms with van der Waals surface area (Å²) in [7, 11) is 0. The molecule has 0 radical (unpaired) electrons. The minimum absolute atomic E-state index is 0.0360. The molecule has 0 amide bonds. The molecule has 1 aromatic rings. The third-order valence-electron chi connectivity index (χ3n) is 12.1. The van der Waals surface area contributed by atoms with Crippen LogP contribution in [0.1, 0.15) is 71.8 Å². The molecule has 6 fully saturated rings. The largest absolute Gasteiger partial charge is 0.450 e. The lowest BCUT2D eigenvalue weighted by Crippen LogP contribution is -2.84. The molecule has 8 rings (SSSR count). The molecule has 4 aliphatic heterocycles. The van der Waals surface area contributed by atoms with E-state index in [-0.39, 0.29) is 15.6 Å². The standard InChI is InChI=1S/C38H46Cl2O10/c1-6-7-8-9-10-12-15-21(4)32(42)46-28-24(31(39)40)18-25-36(28,45)33(43)34(19-41)29(47-34)26-30-35(44,20(2)3)27-22(5)37(25,26)50-38(48-27,49-30)23-16-13-11-14-17-23/h11,13-18,22,26-30,33,41,43-45H,2,6-10,12,19H2,1,3-5H3/t22-,26+,27+,28+,29+,30-,33-,34+,35+,36-,37+,38+/m1/s1. The molecule has 4 bridgehead atoms. The average molecular weight is 734 g/mol. The summed E-state index contributed by atoms with van der Waals surface area (Å²) in [4.78, 5) is 13.7. The summed E-state index contributed by atoms with van der Waals surface area (Å²) in [5, 5.41) is 48.8. The fourth-order valence-electron chi connectivity index (χ4n) is 9.39. The summed E-state index contributed by atoms with van der Waals surface area (Å²) in [6.45, 7) is 10.7. The van der Waals surface area contributed by atoms with E-state index in [1.165, 1.54) is 6.08 Å². The van der Waals surface area contributed by atoms with Crippen molar-refractivity contribution in [1.82, 2.24) is 0 Å². The van der Waals surface area contributed by atoms with Gasteiger partial charge in [-0.25, -0.2) is 4.79 Å². The average Bonchev–Trinajstić information content (AvgIpc) is 3.76. The summed E-state index contributed by atoms with van der Waals surface area (Å²) >= 11 is 13.0. The molecule has 2 saturated carbocycles. The number of epoxide rings is 1. The summed E-state index contributed by atoms with van der Waals surface area (Å²) in [6, 6.07) is 8.94. The Morgan fingerprint density at radius 3 is 2.34 bits per heavy atom. The Morgan fingerprint density at radius 2 is 1.70 bits per heavy atom. The Balaban J connectivity index is 1.37. The lowest BCUT2D eigenvalue weighted by molar-refractivity contribution is -0.571. The van der Waals surface area contributed by atoms with Crippen LogP contribution in [-0.4, -0.2) is 85.9 Å². The first-order valence-corrected chi connectivity index (χ1v) is 18.3. The number of aliphatic hydroxyl groups excluding tert-OH is 2. The van der Waals surface area contributed by atoms with Crippen molar-refractivity contribution in [2.45, 2.75) is 125 Å². The van der Waals surface area contributed by atoms with E-state index >= 15 is 0 Å². The van der Waals surface area contributed by atoms with E-state index < -0.39 is 83.3 Å². The van der Waals surface area contributed by atoms with Crippen molar-refractivity contribution in [3.05, 3.63) is 81.4 Å². The van der Waals surface area contributed by atoms with Crippen molar-refractivity contribution in [3.63, 3.8) is 0 Å². The zero-order valence-corrected chi connectivity index (χ0v) is 30.2. The quantitative estimate of drug-likeness (QED) is 0.0806. The monoisotopic (exact) mass is 732 g/mol. The zero-order chi connectivity index (χ0) is 36.0. The van der Waals surface area contributed by atoms with Gasteiger partial charge in [0.15, 0.2) is 11.7 Å². The Kier molecular flexibility index (Phi) is 9.07. The third kappa shape index (κ3) is 4.73. The van der Waals surface area contributed by atoms with Crippen LogP contribution in [0.3, 0.4) is 0 Å². The number of halogens is 2. The molecule has 4 N–H and O–H groups in total. The van der Waals surface area contributed by atoms with Gasteiger partial charge in [0.05, 0.1) is 12.5 Å². The number of carbonyl (C=O) groups is 1. The van der Waals surface area contributed by atoms with Gasteiger partial charge in [-0.3, -0.25) is 0 Å². The van der Waals surface area contributed by atoms with Crippen molar-refractivity contribution in [2.24, 2.45) is 11.8 Å². The smallest absolute Gasteiger partial charge is 0.334 e. The number of esters is 1. The molecule has 12 atom stereocenters. The first kappa shape index (κ1) is 36.3. The number of hydrogen-bond donors (Lipinski definition) is 4. The fraction of sp³-hybridized carbons (Fsp3) is 0.605. The van der Waals surface area contributed by atoms with E-state index in [1.54, 1.807) is 44.2 Å². The van der Waals surface area contributed by atoms with Gasteiger partial charge in [-0.2, -0.15) is 0 Å². The second kappa shape index (κ2) is 12.5. The molecule has 0 aromatic heterocycles. The number of benzene rings is 1. The number of fused-ring (bicyclic) bond motifs is 2. The molecule has 4 saturated heterocycles. The molecular weight excluding hydrogens is 687 g/mol. The van der Waals surface area contributed by atoms with Crippen molar-refractivity contribution in [1.29, 1.82) is 0 Å². The van der Waals surface area contributed by atoms with E-state index in [4.69, 9.17) is 46.9 Å². The minimum Gasteiger partial charge on any atom is -0.450 e. The molecule has 1 aromatic carbocycles. The molecule has 50 heavy (non-hydrogen) atoms. The zero-order valence-electron chi connectivity index (χ0n) is 28.7. The minimum atomic E-state index is -2.47. The number of unbranched alkanes of at least 4 members (excludes halogenated alkanes) is 5. The van der Waals surface area contributed by atoms with Gasteiger partial charge in [-0.1, -0.05) is 106 Å². The molecule has 7 aliphatic rings. The van der Waals surface area contributed by atoms with Crippen molar-refractivity contribution >= 4 is 29.2 Å². The molecular formula is C38H46Cl2O10. The van der Waals surface area contributed by atoms with Gasteiger partial charge in [0, 0.05) is 28.2 Å². The second-order valence-electron chi connectivity index (χ2n) is 14.8. The van der Waals surface area contributed by atoms with Gasteiger partial charge in [-0.15, -0.1) is 0 Å². The predicted octanol–water partition coefficient (Wildman–Crippen LogP) is 5.01. The van der Waals surface area contributed by atoms with E-state index in [1.807, 2.05) is 13.0 Å². The first-order valence-electron chi connectivity index (χ1n) is 17.5. The van der Waals surface area contributed by atoms with Crippen molar-refractivity contribution in [3.8, 4) is 0 Å². The molecule has 1 spiro atoms. The van der Waals surface area contributed by atoms with Gasteiger partial charge in [0.2, 0.25) is 0 Å². The maximum atomic E-state index is 13.7. The molecule has 4 heterocycles. The first-order chi connectivity index (χ1) is 23.7. The molecule has 12 heteroatoms. The summed E-state index contributed by atoms with van der Waals surface area (Å²) in [5.74, 6) is -4.29. The molecule has 0 unspecified atom stereocenters. The van der Waals surface area contributed by atoms with E-state index in [0.29, 0.717) is 23.1 Å². The third-order valence-corrected chi connectivity index (χ3v) is 12.5. The van der Waals surface area contributed by atoms with Crippen LogP contribution < -0.4 is 0 Å². The fourth-order valence-corrected chi connectivity index (χ4v) is 9.70. The highest BCUT2D eigenvalue weighted by atomic mass is 35.5. The Hall–Kier alpha value is -2.09. The van der Waals surface area contributed by atoms with Crippen LogP contribution in [0.2, 0.25) is 0 Å². The number of rotatable bonds is 11. The van der Waals surface area contributed by atoms with Gasteiger partial charge < -0.3 is 44.1 Å². The van der Waals surface area contributed by atoms with Gasteiger partial charge in [0.25, 0.3) is 0 Å². The van der Waals surface area contributed by atoms with Gasteiger partial charge in [-0.05, 0) is 38.3 Å². The van der Waals surface area contributed by atoms with E-state index in [2.05, 4.69) is 13.5 Å². The Morgan fingerprint density at radius 1 is 1.02 bits per heavy atom. The highest BCUT2D eigenvalue weighted by molar-refractivity contribution is 6.56. The maximum absolute atomic E-state index is 13.7. The van der Waals surface area contributed by atoms with E-state index in [0.717, 1.165) is 32.1 Å². The summed E-state index contributed by atoms with van der Waals surface area (Å²) in [5.41, 5.74) is -6.27. The van der Waals surface area contributed by atoms with Crippen molar-refractivity contribution < 1.29 is 48.9 Å². The summed E-state index contributed by atoms with van der Waals surface area (Å²) in [6.07, 6.45) is 2.74. The summed E-state index contributed by atoms with van der Waals surface area (Å²) < 4.78 is 32.2. The number of aliphatic hydroxyl groups is 4. The van der Waals surface area contributed by atoms with Crippen LogP contribution in [0.4, 0.5) is 0 Å². The molecule has 10 nitrogen and oxygen atoms in total. The highest BCUT2D eigenvalue weighted by Gasteiger charge is 2.89. The normalized spacial score (nSPS) is 43.8. The predicted molar refractivity (Wildman–Crippen MR) is 184 cm³/mol. The lowest BCUT2D eigenvalue weighted by Gasteiger charge is -2.71. The number of allylic oxidation sites excluding steroid dienone is 1. The second-order valence-corrected chi connectivity index (χ2v) is 15.8. The lowest BCUT2D eigenvalue weighted by atomic mass is 9.53. The van der Waals surface area contributed by atoms with Gasteiger partial charge >= 0.3 is 11.9 Å². The Bertz CT molecular complexity index is 1660. The van der Waals surface area contributed by atoms with Crippen LogP contribution in [0, 0.1) is 11.8 Å². The van der Waals surface area contributed by atoms with Crippen LogP contribution in [0.15, 0.2) is 75.8 Å². The Labute approximate surface area is 302 Å². The number of ether oxygens (including phenoxy) is 5. The number of carbonyl (C=O) groups excluding carboxylic acids is 1. The van der Waals surface area contributed by atoms with Gasteiger partial charge in [0.1, 0.15) is 45.7 Å². The van der Waals surface area contributed by atoms with Crippen LogP contribution in [0.5, 0.6) is 0 Å². The highest BCUT2D eigenvalue weighted by Crippen LogP contribution is 2.73. The SMILES string of the molecule is C=C(C)[C@@]1(O)[C@@H]2O[C@]3(c4ccccc4)O[C@H]1[C@@H](C)[C@]1(O3)C3=CC(=C(Cl)Cl)[C@H](OC(=O)C(C)=CCCCCCCC)[C@@]3(O)[C@H](O)[C@@]3(CO)O[C@H]3[C@@H]21. The topological polar surface area (TPSA) is 147 Å². The molecule has 272 valence electrons. The number of hydrogen-bond acceptors (Lipinski definition) is 10. The van der Waals surface area contributed by atoms with Crippen LogP contribution in [0.25, 0.3) is 0 Å². The van der Waals surface area contributed by atoms with E-state index in [9.17, 15) is 25.2 Å². The van der Waals surface area contributed by atoms with Crippen LogP contribution in [-0.2, 0) is 34.5 Å². The molecule has 3 aliphatic carbocycles. The maximum Gasteiger partial charge on any atom is 0.334 e.